The largest absolute Gasteiger partial charge is 0.481 e. The summed E-state index contributed by atoms with van der Waals surface area (Å²) < 4.78 is 12.9. The number of carboxylic acid groups (broad SMARTS) is 1. The molecule has 17 heavy (non-hydrogen) atoms. The van der Waals surface area contributed by atoms with Crippen molar-refractivity contribution in [2.24, 2.45) is 5.92 Å². The molecule has 94 valence electrons. The van der Waals surface area contributed by atoms with Crippen LogP contribution in [0, 0.1) is 11.7 Å². The Morgan fingerprint density at radius 2 is 2.29 bits per heavy atom. The molecule has 0 aromatic heterocycles. The first-order valence-electron chi connectivity index (χ1n) is 5.75. The van der Waals surface area contributed by atoms with E-state index in [0.717, 1.165) is 18.5 Å². The van der Waals surface area contributed by atoms with E-state index in [4.69, 9.17) is 5.11 Å². The molecule has 0 aliphatic rings. The van der Waals surface area contributed by atoms with Crippen molar-refractivity contribution < 1.29 is 14.3 Å². The van der Waals surface area contributed by atoms with Crippen molar-refractivity contribution >= 4 is 5.97 Å². The first-order valence-corrected chi connectivity index (χ1v) is 5.75. The van der Waals surface area contributed by atoms with Gasteiger partial charge in [-0.05, 0) is 43.1 Å². The fraction of sp³-hybridized carbons (Fsp3) is 0.462. The van der Waals surface area contributed by atoms with Crippen LogP contribution >= 0.6 is 0 Å². The van der Waals surface area contributed by atoms with E-state index in [1.54, 1.807) is 6.07 Å². The third-order valence-electron chi connectivity index (χ3n) is 2.50. The molecule has 0 aliphatic carbocycles. The standard InChI is InChI=1S/C13H18FNO2/c1-10(7-13(16)17)9-15-6-5-11-3-2-4-12(14)8-11/h2-4,8,10,15H,5-7,9H2,1H3,(H,16,17). The number of rotatable bonds is 7. The van der Waals surface area contributed by atoms with Gasteiger partial charge in [0.25, 0.3) is 0 Å². The Labute approximate surface area is 101 Å². The third-order valence-corrected chi connectivity index (χ3v) is 2.50. The molecule has 0 amide bonds. The minimum atomic E-state index is -0.774. The number of carbonyl (C=O) groups is 1. The number of benzene rings is 1. The highest BCUT2D eigenvalue weighted by molar-refractivity contribution is 5.66. The predicted octanol–water partition coefficient (Wildman–Crippen LogP) is 2.07. The molecule has 1 aromatic carbocycles. The van der Waals surface area contributed by atoms with Crippen LogP contribution in [0.1, 0.15) is 18.9 Å². The van der Waals surface area contributed by atoms with Crippen molar-refractivity contribution in [3.05, 3.63) is 35.6 Å². The minimum Gasteiger partial charge on any atom is -0.481 e. The number of aliphatic carboxylic acids is 1. The number of hydrogen-bond donors (Lipinski definition) is 2. The summed E-state index contributed by atoms with van der Waals surface area (Å²) in [4.78, 5) is 10.4. The first kappa shape index (κ1) is 13.6. The minimum absolute atomic E-state index is 0.111. The molecule has 3 nitrogen and oxygen atoms in total. The van der Waals surface area contributed by atoms with Gasteiger partial charge in [-0.25, -0.2) is 4.39 Å². The molecule has 0 aliphatic heterocycles. The van der Waals surface area contributed by atoms with Crippen molar-refractivity contribution in [3.8, 4) is 0 Å². The van der Waals surface area contributed by atoms with E-state index >= 15 is 0 Å². The molecule has 1 rings (SSSR count). The highest BCUT2D eigenvalue weighted by Gasteiger charge is 2.06. The SMILES string of the molecule is CC(CNCCc1cccc(F)c1)CC(=O)O. The lowest BCUT2D eigenvalue weighted by Crippen LogP contribution is -2.24. The maximum Gasteiger partial charge on any atom is 0.303 e. The number of halogens is 1. The fourth-order valence-electron chi connectivity index (χ4n) is 1.64. The Morgan fingerprint density at radius 1 is 1.53 bits per heavy atom. The molecule has 0 heterocycles. The molecule has 2 N–H and O–H groups in total. The Kier molecular flexibility index (Phi) is 5.63. The van der Waals surface area contributed by atoms with Crippen molar-refractivity contribution in [1.82, 2.24) is 5.32 Å². The van der Waals surface area contributed by atoms with Crippen molar-refractivity contribution in [2.45, 2.75) is 19.8 Å². The van der Waals surface area contributed by atoms with E-state index in [9.17, 15) is 9.18 Å². The highest BCUT2D eigenvalue weighted by atomic mass is 19.1. The molecule has 1 atom stereocenters. The molecular weight excluding hydrogens is 221 g/mol. The Hall–Kier alpha value is -1.42. The molecule has 1 unspecified atom stereocenters. The second kappa shape index (κ2) is 7.01. The smallest absolute Gasteiger partial charge is 0.303 e. The van der Waals surface area contributed by atoms with Gasteiger partial charge in [0.1, 0.15) is 5.82 Å². The van der Waals surface area contributed by atoms with Crippen LogP contribution in [-0.4, -0.2) is 24.2 Å². The van der Waals surface area contributed by atoms with E-state index in [-0.39, 0.29) is 18.2 Å². The van der Waals surface area contributed by atoms with Gasteiger partial charge in [-0.2, -0.15) is 0 Å². The van der Waals surface area contributed by atoms with Gasteiger partial charge in [0, 0.05) is 6.42 Å². The summed E-state index contributed by atoms with van der Waals surface area (Å²) in [5.41, 5.74) is 0.948. The predicted molar refractivity (Wildman–Crippen MR) is 64.4 cm³/mol. The quantitative estimate of drug-likeness (QED) is 0.716. The Balaban J connectivity index is 2.18. The Morgan fingerprint density at radius 3 is 2.94 bits per heavy atom. The third kappa shape index (κ3) is 6.02. The van der Waals surface area contributed by atoms with Crippen LogP contribution in [0.4, 0.5) is 4.39 Å². The molecule has 0 saturated carbocycles. The Bertz CT molecular complexity index is 368. The van der Waals surface area contributed by atoms with Gasteiger partial charge in [0.05, 0.1) is 0 Å². The van der Waals surface area contributed by atoms with E-state index in [1.165, 1.54) is 12.1 Å². The van der Waals surface area contributed by atoms with Crippen LogP contribution in [0.2, 0.25) is 0 Å². The molecule has 0 bridgehead atoms. The summed E-state index contributed by atoms with van der Waals surface area (Å²) in [6.45, 7) is 3.29. The number of hydrogen-bond acceptors (Lipinski definition) is 2. The van der Waals surface area contributed by atoms with Gasteiger partial charge in [0.15, 0.2) is 0 Å². The summed E-state index contributed by atoms with van der Waals surface area (Å²) in [6.07, 6.45) is 0.921. The lowest BCUT2D eigenvalue weighted by atomic mass is 10.1. The van der Waals surface area contributed by atoms with Crippen molar-refractivity contribution in [1.29, 1.82) is 0 Å². The lowest BCUT2D eigenvalue weighted by Gasteiger charge is -2.10. The number of nitrogens with one attached hydrogen (secondary N) is 1. The van der Waals surface area contributed by atoms with Gasteiger partial charge in [-0.1, -0.05) is 19.1 Å². The van der Waals surface area contributed by atoms with Gasteiger partial charge in [0.2, 0.25) is 0 Å². The highest BCUT2D eigenvalue weighted by Crippen LogP contribution is 2.04. The summed E-state index contributed by atoms with van der Waals surface area (Å²) in [5.74, 6) is -0.883. The lowest BCUT2D eigenvalue weighted by molar-refractivity contribution is -0.137. The van der Waals surface area contributed by atoms with Crippen molar-refractivity contribution in [2.75, 3.05) is 13.1 Å². The molecule has 0 fully saturated rings. The number of carboxylic acids is 1. The zero-order valence-electron chi connectivity index (χ0n) is 9.95. The van der Waals surface area contributed by atoms with Gasteiger partial charge in [-0.15, -0.1) is 0 Å². The molecule has 1 aromatic rings. The fourth-order valence-corrected chi connectivity index (χ4v) is 1.64. The van der Waals surface area contributed by atoms with Gasteiger partial charge in [-0.3, -0.25) is 4.79 Å². The zero-order chi connectivity index (χ0) is 12.7. The maximum atomic E-state index is 12.9. The molecule has 0 spiro atoms. The maximum absolute atomic E-state index is 12.9. The second-order valence-electron chi connectivity index (χ2n) is 4.29. The molecular formula is C13H18FNO2. The van der Waals surface area contributed by atoms with E-state index in [0.29, 0.717) is 6.54 Å². The normalized spacial score (nSPS) is 12.4. The topological polar surface area (TPSA) is 49.3 Å². The van der Waals surface area contributed by atoms with Crippen molar-refractivity contribution in [3.63, 3.8) is 0 Å². The van der Waals surface area contributed by atoms with Crippen LogP contribution in [-0.2, 0) is 11.2 Å². The molecule has 0 saturated heterocycles. The zero-order valence-corrected chi connectivity index (χ0v) is 9.95. The average molecular weight is 239 g/mol. The van der Waals surface area contributed by atoms with E-state index in [1.807, 2.05) is 13.0 Å². The van der Waals surface area contributed by atoms with Gasteiger partial charge >= 0.3 is 5.97 Å². The summed E-state index contributed by atoms with van der Waals surface area (Å²) >= 11 is 0. The monoisotopic (exact) mass is 239 g/mol. The molecule has 0 radical (unpaired) electrons. The first-order chi connectivity index (χ1) is 8.08. The van der Waals surface area contributed by atoms with E-state index in [2.05, 4.69) is 5.32 Å². The van der Waals surface area contributed by atoms with Crippen LogP contribution in [0.5, 0.6) is 0 Å². The molecule has 4 heteroatoms. The van der Waals surface area contributed by atoms with Gasteiger partial charge < -0.3 is 10.4 Å². The second-order valence-corrected chi connectivity index (χ2v) is 4.29. The summed E-state index contributed by atoms with van der Waals surface area (Å²) in [5, 5.41) is 11.8. The summed E-state index contributed by atoms with van der Waals surface area (Å²) in [6, 6.07) is 6.51. The summed E-state index contributed by atoms with van der Waals surface area (Å²) in [7, 11) is 0. The van der Waals surface area contributed by atoms with Crippen LogP contribution in [0.3, 0.4) is 0 Å². The van der Waals surface area contributed by atoms with Crippen LogP contribution in [0.15, 0.2) is 24.3 Å². The average Bonchev–Trinajstić information content (AvgIpc) is 2.23. The van der Waals surface area contributed by atoms with Crippen LogP contribution < -0.4 is 5.32 Å². The van der Waals surface area contributed by atoms with E-state index < -0.39 is 5.97 Å². The van der Waals surface area contributed by atoms with Crippen LogP contribution in [0.25, 0.3) is 0 Å².